The van der Waals surface area contributed by atoms with E-state index in [1.807, 2.05) is 0 Å². The van der Waals surface area contributed by atoms with Crippen LogP contribution in [0.1, 0.15) is 45.4 Å². The van der Waals surface area contributed by atoms with Crippen LogP contribution in [0.3, 0.4) is 0 Å². The molecule has 1 aliphatic heterocycles. The first-order valence-electron chi connectivity index (χ1n) is 7.14. The summed E-state index contributed by atoms with van der Waals surface area (Å²) < 4.78 is 5.56. The first kappa shape index (κ1) is 13.8. The quantitative estimate of drug-likeness (QED) is 0.836. The van der Waals surface area contributed by atoms with E-state index in [1.165, 1.54) is 25.7 Å². The number of aliphatic carboxylic acids is 1. The second-order valence-corrected chi connectivity index (χ2v) is 6.02. The van der Waals surface area contributed by atoms with E-state index < -0.39 is 12.1 Å². The summed E-state index contributed by atoms with van der Waals surface area (Å²) in [5, 5.41) is 8.90. The van der Waals surface area contributed by atoms with Crippen LogP contribution in [-0.4, -0.2) is 47.8 Å². The van der Waals surface area contributed by atoms with Crippen molar-refractivity contribution in [1.82, 2.24) is 4.90 Å². The number of rotatable bonds is 4. The smallest absolute Gasteiger partial charge is 0.332 e. The molecule has 1 N–H and O–H groups in total. The highest BCUT2D eigenvalue weighted by atomic mass is 16.5. The van der Waals surface area contributed by atoms with E-state index in [9.17, 15) is 4.79 Å². The fraction of sp³-hybridized carbons (Fsp3) is 0.929. The van der Waals surface area contributed by atoms with Crippen LogP contribution in [-0.2, 0) is 9.53 Å². The first-order valence-corrected chi connectivity index (χ1v) is 7.14. The average Bonchev–Trinajstić information content (AvgIpc) is 2.78. The van der Waals surface area contributed by atoms with Crippen molar-refractivity contribution in [3.05, 3.63) is 0 Å². The van der Waals surface area contributed by atoms with Crippen LogP contribution in [0.15, 0.2) is 0 Å². The van der Waals surface area contributed by atoms with E-state index in [2.05, 4.69) is 18.9 Å². The molecule has 104 valence electrons. The Kier molecular flexibility index (Phi) is 4.62. The summed E-state index contributed by atoms with van der Waals surface area (Å²) in [6.07, 6.45) is 6.25. The number of hydrogen-bond donors (Lipinski definition) is 1. The van der Waals surface area contributed by atoms with Crippen LogP contribution in [0.2, 0.25) is 0 Å². The van der Waals surface area contributed by atoms with Gasteiger partial charge < -0.3 is 14.7 Å². The standard InChI is InChI=1S/C14H25NO3/c1-10-3-5-11(6-4-10)15(2)9-12-7-8-13(18-12)14(16)17/h10-13H,3-9H2,1-2H3,(H,16,17). The van der Waals surface area contributed by atoms with E-state index in [0.29, 0.717) is 12.5 Å². The van der Waals surface area contributed by atoms with Gasteiger partial charge in [0.05, 0.1) is 6.10 Å². The highest BCUT2D eigenvalue weighted by Gasteiger charge is 2.32. The number of likely N-dealkylation sites (N-methyl/N-ethyl adjacent to an activating group) is 1. The molecular formula is C14H25NO3. The Morgan fingerprint density at radius 2 is 1.89 bits per heavy atom. The summed E-state index contributed by atoms with van der Waals surface area (Å²) in [5.41, 5.74) is 0. The van der Waals surface area contributed by atoms with Gasteiger partial charge in [0.1, 0.15) is 0 Å². The van der Waals surface area contributed by atoms with Gasteiger partial charge in [-0.25, -0.2) is 4.79 Å². The van der Waals surface area contributed by atoms with E-state index in [4.69, 9.17) is 9.84 Å². The summed E-state index contributed by atoms with van der Waals surface area (Å²) in [7, 11) is 2.15. The molecule has 0 aromatic carbocycles. The molecule has 0 aromatic rings. The predicted octanol–water partition coefficient (Wildman–Crippen LogP) is 2.13. The fourth-order valence-corrected chi connectivity index (χ4v) is 3.18. The number of carboxylic acids is 1. The van der Waals surface area contributed by atoms with Gasteiger partial charge in [0.25, 0.3) is 0 Å². The maximum atomic E-state index is 10.8. The average molecular weight is 255 g/mol. The number of ether oxygens (including phenoxy) is 1. The number of carboxylic acid groups (broad SMARTS) is 1. The van der Waals surface area contributed by atoms with Crippen LogP contribution in [0, 0.1) is 5.92 Å². The molecule has 0 bridgehead atoms. The third kappa shape index (κ3) is 3.45. The monoisotopic (exact) mass is 255 g/mol. The lowest BCUT2D eigenvalue weighted by Gasteiger charge is -2.34. The zero-order chi connectivity index (χ0) is 13.1. The summed E-state index contributed by atoms with van der Waals surface area (Å²) in [5.74, 6) is 0.0559. The van der Waals surface area contributed by atoms with Crippen LogP contribution in [0.4, 0.5) is 0 Å². The molecule has 0 amide bonds. The normalized spacial score (nSPS) is 37.1. The number of nitrogens with zero attached hydrogens (tertiary/aromatic N) is 1. The molecule has 1 aliphatic carbocycles. The minimum Gasteiger partial charge on any atom is -0.479 e. The van der Waals surface area contributed by atoms with Crippen molar-refractivity contribution >= 4 is 5.97 Å². The van der Waals surface area contributed by atoms with Crippen LogP contribution in [0.5, 0.6) is 0 Å². The van der Waals surface area contributed by atoms with Gasteiger partial charge in [-0.3, -0.25) is 0 Å². The van der Waals surface area contributed by atoms with Gasteiger partial charge >= 0.3 is 5.97 Å². The van der Waals surface area contributed by atoms with E-state index in [-0.39, 0.29) is 6.10 Å². The summed E-state index contributed by atoms with van der Waals surface area (Å²) in [4.78, 5) is 13.2. The number of hydrogen-bond acceptors (Lipinski definition) is 3. The molecule has 2 rings (SSSR count). The molecule has 1 saturated carbocycles. The van der Waals surface area contributed by atoms with Crippen molar-refractivity contribution in [3.8, 4) is 0 Å². The molecule has 0 radical (unpaired) electrons. The zero-order valence-corrected chi connectivity index (χ0v) is 11.5. The van der Waals surface area contributed by atoms with Gasteiger partial charge in [-0.05, 0) is 51.5 Å². The Balaban J connectivity index is 1.74. The van der Waals surface area contributed by atoms with Crippen LogP contribution < -0.4 is 0 Å². The molecule has 1 heterocycles. The molecule has 0 aromatic heterocycles. The van der Waals surface area contributed by atoms with Crippen molar-refractivity contribution in [1.29, 1.82) is 0 Å². The molecular weight excluding hydrogens is 230 g/mol. The number of carbonyl (C=O) groups is 1. The van der Waals surface area contributed by atoms with Gasteiger partial charge in [0.15, 0.2) is 6.10 Å². The SMILES string of the molecule is CC1CCC(N(C)CC2CCC(C(=O)O)O2)CC1. The topological polar surface area (TPSA) is 49.8 Å². The maximum Gasteiger partial charge on any atom is 0.332 e. The fourth-order valence-electron chi connectivity index (χ4n) is 3.18. The van der Waals surface area contributed by atoms with E-state index in [1.54, 1.807) is 0 Å². The van der Waals surface area contributed by atoms with Gasteiger partial charge in [0.2, 0.25) is 0 Å². The lowest BCUT2D eigenvalue weighted by Crippen LogP contribution is -2.39. The molecule has 1 saturated heterocycles. The molecule has 2 fully saturated rings. The molecule has 2 atom stereocenters. The molecule has 0 spiro atoms. The Morgan fingerprint density at radius 1 is 1.22 bits per heavy atom. The van der Waals surface area contributed by atoms with E-state index >= 15 is 0 Å². The van der Waals surface area contributed by atoms with Gasteiger partial charge in [-0.1, -0.05) is 6.92 Å². The second kappa shape index (κ2) is 6.02. The Hall–Kier alpha value is -0.610. The lowest BCUT2D eigenvalue weighted by molar-refractivity contribution is -0.149. The zero-order valence-electron chi connectivity index (χ0n) is 11.5. The Morgan fingerprint density at radius 3 is 2.44 bits per heavy atom. The highest BCUT2D eigenvalue weighted by Crippen LogP contribution is 2.28. The van der Waals surface area contributed by atoms with Crippen molar-refractivity contribution < 1.29 is 14.6 Å². The molecule has 4 heteroatoms. The largest absolute Gasteiger partial charge is 0.479 e. The van der Waals surface area contributed by atoms with Crippen molar-refractivity contribution in [2.75, 3.05) is 13.6 Å². The minimum absolute atomic E-state index is 0.107. The second-order valence-electron chi connectivity index (χ2n) is 6.02. The molecule has 2 unspecified atom stereocenters. The maximum absolute atomic E-state index is 10.8. The molecule has 4 nitrogen and oxygen atoms in total. The minimum atomic E-state index is -0.813. The van der Waals surface area contributed by atoms with Crippen LogP contribution in [0.25, 0.3) is 0 Å². The van der Waals surface area contributed by atoms with Crippen molar-refractivity contribution in [3.63, 3.8) is 0 Å². The van der Waals surface area contributed by atoms with Gasteiger partial charge in [-0.15, -0.1) is 0 Å². The predicted molar refractivity (Wildman–Crippen MR) is 69.6 cm³/mol. The molecule has 18 heavy (non-hydrogen) atoms. The first-order chi connectivity index (χ1) is 8.56. The van der Waals surface area contributed by atoms with Crippen molar-refractivity contribution in [2.24, 2.45) is 5.92 Å². The van der Waals surface area contributed by atoms with Crippen molar-refractivity contribution in [2.45, 2.75) is 63.7 Å². The third-order valence-corrected chi connectivity index (χ3v) is 4.48. The third-order valence-electron chi connectivity index (χ3n) is 4.48. The summed E-state index contributed by atoms with van der Waals surface area (Å²) in [6.45, 7) is 3.20. The Labute approximate surface area is 109 Å². The lowest BCUT2D eigenvalue weighted by atomic mass is 9.86. The van der Waals surface area contributed by atoms with Gasteiger partial charge in [0, 0.05) is 12.6 Å². The molecule has 2 aliphatic rings. The van der Waals surface area contributed by atoms with Gasteiger partial charge in [-0.2, -0.15) is 0 Å². The van der Waals surface area contributed by atoms with E-state index in [0.717, 1.165) is 18.9 Å². The summed E-state index contributed by atoms with van der Waals surface area (Å²) >= 11 is 0. The summed E-state index contributed by atoms with van der Waals surface area (Å²) in [6, 6.07) is 0.661. The Bertz CT molecular complexity index is 287. The highest BCUT2D eigenvalue weighted by molar-refractivity contribution is 5.72. The van der Waals surface area contributed by atoms with Crippen LogP contribution >= 0.6 is 0 Å².